The van der Waals surface area contributed by atoms with Crippen molar-refractivity contribution in [2.75, 3.05) is 20.3 Å². The number of rotatable bonds is 8. The van der Waals surface area contributed by atoms with Gasteiger partial charge in [-0.2, -0.15) is 15.1 Å². The molecule has 1 amide bonds. The molecule has 0 saturated carbocycles. The Hall–Kier alpha value is -3.79. The number of thioether (sulfide) groups is 1. The Bertz CT molecular complexity index is 1550. The molecule has 198 valence electrons. The molecule has 2 aliphatic heterocycles. The number of carbonyl (C=O) groups is 1. The van der Waals surface area contributed by atoms with E-state index in [9.17, 15) is 4.79 Å². The molecule has 39 heavy (non-hydrogen) atoms. The molecule has 2 aliphatic rings. The summed E-state index contributed by atoms with van der Waals surface area (Å²) in [7, 11) is 1.50. The van der Waals surface area contributed by atoms with Crippen LogP contribution in [0.4, 0.5) is 0 Å². The van der Waals surface area contributed by atoms with Crippen molar-refractivity contribution in [3.05, 3.63) is 93.0 Å². The Balaban J connectivity index is 1.33. The van der Waals surface area contributed by atoms with Gasteiger partial charge in [-0.25, -0.2) is 0 Å². The summed E-state index contributed by atoms with van der Waals surface area (Å²) in [6.07, 6.45) is 1.53. The summed E-state index contributed by atoms with van der Waals surface area (Å²) in [6, 6.07) is 18.3. The highest BCUT2D eigenvalue weighted by molar-refractivity contribution is 8.27. The van der Waals surface area contributed by atoms with Crippen LogP contribution in [-0.2, 0) is 4.79 Å². The van der Waals surface area contributed by atoms with Gasteiger partial charge < -0.3 is 14.2 Å². The van der Waals surface area contributed by atoms with E-state index in [1.807, 2.05) is 49.4 Å². The fourth-order valence-electron chi connectivity index (χ4n) is 3.80. The quantitative estimate of drug-likeness (QED) is 0.243. The largest absolute Gasteiger partial charge is 0.493 e. The number of aliphatic imine (C=N–C) groups is 1. The number of aryl methyl sites for hydroxylation is 1. The molecule has 0 fully saturated rings. The summed E-state index contributed by atoms with van der Waals surface area (Å²) in [6.45, 7) is 2.56. The van der Waals surface area contributed by atoms with Gasteiger partial charge >= 0.3 is 0 Å². The molecule has 5 rings (SSSR count). The van der Waals surface area contributed by atoms with Crippen LogP contribution in [0.15, 0.2) is 76.3 Å². The van der Waals surface area contributed by atoms with Gasteiger partial charge in [0.2, 0.25) is 5.17 Å². The number of nitrogens with zero attached hydrogens (tertiary/aromatic N) is 3. The number of methoxy groups -OCH3 is 1. The van der Waals surface area contributed by atoms with E-state index in [-0.39, 0.29) is 23.0 Å². The maximum Gasteiger partial charge on any atom is 0.283 e. The molecule has 1 N–H and O–H groups in total. The third-order valence-corrected chi connectivity index (χ3v) is 7.29. The first kappa shape index (κ1) is 26.8. The second-order valence-electron chi connectivity index (χ2n) is 8.45. The number of hydrazone groups is 1. The average Bonchev–Trinajstić information content (AvgIpc) is 3.34. The molecule has 0 atom stereocenters. The highest BCUT2D eigenvalue weighted by Crippen LogP contribution is 2.38. The summed E-state index contributed by atoms with van der Waals surface area (Å²) in [4.78, 5) is 17.0. The van der Waals surface area contributed by atoms with E-state index in [1.54, 1.807) is 18.2 Å². The number of halogens is 2. The lowest BCUT2D eigenvalue weighted by Gasteiger charge is -2.20. The Morgan fingerprint density at radius 1 is 1.03 bits per heavy atom. The number of hydrogen-bond acceptors (Lipinski definition) is 7. The smallest absolute Gasteiger partial charge is 0.283 e. The Kier molecular flexibility index (Phi) is 7.92. The van der Waals surface area contributed by atoms with Crippen LogP contribution in [0.25, 0.3) is 6.08 Å². The number of benzene rings is 3. The molecule has 0 bridgehead atoms. The topological polar surface area (TPSA) is 96.6 Å². The number of fused-ring (bicyclic) bond motifs is 1. The first-order valence-corrected chi connectivity index (χ1v) is 13.4. The van der Waals surface area contributed by atoms with Gasteiger partial charge in [-0.1, -0.05) is 59.1 Å². The van der Waals surface area contributed by atoms with Gasteiger partial charge in [-0.15, -0.1) is 0 Å². The minimum Gasteiger partial charge on any atom is -0.493 e. The van der Waals surface area contributed by atoms with Crippen molar-refractivity contribution < 1.29 is 19.0 Å². The Morgan fingerprint density at radius 2 is 1.77 bits per heavy atom. The van der Waals surface area contributed by atoms with Gasteiger partial charge in [0.1, 0.15) is 24.0 Å². The van der Waals surface area contributed by atoms with Crippen LogP contribution in [0.1, 0.15) is 16.7 Å². The highest BCUT2D eigenvalue weighted by Gasteiger charge is 2.36. The van der Waals surface area contributed by atoms with Crippen LogP contribution in [0.3, 0.4) is 0 Å². The summed E-state index contributed by atoms with van der Waals surface area (Å²) in [5.41, 5.74) is 2.44. The first-order valence-electron chi connectivity index (χ1n) is 11.8. The third-order valence-electron chi connectivity index (χ3n) is 5.74. The first-order chi connectivity index (χ1) is 18.8. The van der Waals surface area contributed by atoms with Gasteiger partial charge in [0, 0.05) is 5.56 Å². The Morgan fingerprint density at radius 3 is 2.51 bits per heavy atom. The maximum atomic E-state index is 12.9. The minimum atomic E-state index is -0.557. The zero-order valence-electron chi connectivity index (χ0n) is 20.9. The van der Waals surface area contributed by atoms with Gasteiger partial charge in [-0.05, 0) is 60.7 Å². The molecule has 0 radical (unpaired) electrons. The second kappa shape index (κ2) is 11.5. The molecule has 0 unspecified atom stereocenters. The van der Waals surface area contributed by atoms with E-state index in [2.05, 4.69) is 10.1 Å². The number of amides is 1. The number of amidine groups is 2. The maximum absolute atomic E-state index is 12.9. The van der Waals surface area contributed by atoms with E-state index in [1.165, 1.54) is 30.0 Å². The molecule has 3 aromatic rings. The molecule has 11 heteroatoms. The van der Waals surface area contributed by atoms with E-state index in [0.29, 0.717) is 44.5 Å². The summed E-state index contributed by atoms with van der Waals surface area (Å²) in [5.74, 6) is 0.805. The van der Waals surface area contributed by atoms with E-state index < -0.39 is 5.91 Å². The van der Waals surface area contributed by atoms with E-state index >= 15 is 0 Å². The molecule has 0 spiro atoms. The summed E-state index contributed by atoms with van der Waals surface area (Å²) >= 11 is 14.0. The van der Waals surface area contributed by atoms with Crippen LogP contribution >= 0.6 is 35.0 Å². The number of ether oxygens (including phenoxy) is 3. The fourth-order valence-corrected chi connectivity index (χ4v) is 5.29. The molecular weight excluding hydrogens is 559 g/mol. The second-order valence-corrected chi connectivity index (χ2v) is 10.2. The molecule has 3 aromatic carbocycles. The highest BCUT2D eigenvalue weighted by atomic mass is 35.5. The van der Waals surface area contributed by atoms with Crippen molar-refractivity contribution in [2.45, 2.75) is 6.92 Å². The van der Waals surface area contributed by atoms with Crippen LogP contribution in [-0.4, -0.2) is 47.3 Å². The number of hydrogen-bond donors (Lipinski definition) is 1. The van der Waals surface area contributed by atoms with Gasteiger partial charge in [-0.3, -0.25) is 10.2 Å². The molecule has 2 heterocycles. The van der Waals surface area contributed by atoms with Crippen molar-refractivity contribution in [1.82, 2.24) is 5.01 Å². The van der Waals surface area contributed by atoms with Crippen molar-refractivity contribution in [3.8, 4) is 17.2 Å². The van der Waals surface area contributed by atoms with Gasteiger partial charge in [0.05, 0.1) is 22.7 Å². The predicted molar refractivity (Wildman–Crippen MR) is 156 cm³/mol. The average molecular weight is 581 g/mol. The van der Waals surface area contributed by atoms with Crippen LogP contribution in [0.5, 0.6) is 17.2 Å². The standard InChI is InChI=1S/C28H22Cl2N4O4S/c1-16-7-9-18(10-8-16)37-11-12-38-24-22(30)14-17(15-23(24)36-2)13-20-25(31)34-28(32-26(20)35)39-27(33-34)19-5-3-4-6-21(19)29/h3-10,13-15,31H,11-12H2,1-2H3/b20-13+,31-25?. The van der Waals surface area contributed by atoms with Gasteiger partial charge in [0.15, 0.2) is 17.3 Å². The molecular formula is C28H22Cl2N4O4S. The van der Waals surface area contributed by atoms with Crippen molar-refractivity contribution >= 4 is 63.0 Å². The molecule has 0 aliphatic carbocycles. The van der Waals surface area contributed by atoms with Gasteiger partial charge in [0.25, 0.3) is 5.91 Å². The van der Waals surface area contributed by atoms with Crippen molar-refractivity contribution in [3.63, 3.8) is 0 Å². The Labute approximate surface area is 239 Å². The van der Waals surface area contributed by atoms with E-state index in [0.717, 1.165) is 11.3 Å². The zero-order valence-corrected chi connectivity index (χ0v) is 23.2. The fraction of sp³-hybridized carbons (Fsp3) is 0.143. The minimum absolute atomic E-state index is 0.0572. The normalized spacial score (nSPS) is 15.7. The number of carbonyl (C=O) groups excluding carboxylic acids is 1. The number of nitrogens with one attached hydrogen (secondary N) is 1. The van der Waals surface area contributed by atoms with Crippen LogP contribution in [0, 0.1) is 12.3 Å². The monoisotopic (exact) mass is 580 g/mol. The molecule has 0 aromatic heterocycles. The van der Waals surface area contributed by atoms with Crippen molar-refractivity contribution in [2.24, 2.45) is 10.1 Å². The van der Waals surface area contributed by atoms with Crippen LogP contribution < -0.4 is 14.2 Å². The zero-order chi connectivity index (χ0) is 27.5. The summed E-state index contributed by atoms with van der Waals surface area (Å²) in [5, 5.41) is 16.1. The third kappa shape index (κ3) is 5.80. The van der Waals surface area contributed by atoms with Crippen LogP contribution in [0.2, 0.25) is 10.0 Å². The van der Waals surface area contributed by atoms with E-state index in [4.69, 9.17) is 42.8 Å². The molecule has 0 saturated heterocycles. The molecule has 8 nitrogen and oxygen atoms in total. The lowest BCUT2D eigenvalue weighted by Crippen LogP contribution is -2.35. The van der Waals surface area contributed by atoms with Crippen molar-refractivity contribution in [1.29, 1.82) is 5.41 Å². The lowest BCUT2D eigenvalue weighted by molar-refractivity contribution is -0.114. The lowest BCUT2D eigenvalue weighted by atomic mass is 10.1. The summed E-state index contributed by atoms with van der Waals surface area (Å²) < 4.78 is 17.0. The predicted octanol–water partition coefficient (Wildman–Crippen LogP) is 6.44. The SMILES string of the molecule is COc1cc(/C=C2\C(=N)N3N=C(c4ccccc4Cl)SC3=NC2=O)cc(Cl)c1OCCOc1ccc(C)cc1.